The molecule has 0 bridgehead atoms. The summed E-state index contributed by atoms with van der Waals surface area (Å²) < 4.78 is 5.37. The van der Waals surface area contributed by atoms with E-state index in [0.29, 0.717) is 6.54 Å². The lowest BCUT2D eigenvalue weighted by Gasteiger charge is -2.43. The third-order valence-corrected chi connectivity index (χ3v) is 8.59. The maximum Gasteiger partial charge on any atom is 0.231 e. The van der Waals surface area contributed by atoms with E-state index in [9.17, 15) is 9.59 Å². The number of carbonyl (C=O) groups is 2. The van der Waals surface area contributed by atoms with Gasteiger partial charge in [-0.3, -0.25) is 9.59 Å². The van der Waals surface area contributed by atoms with Crippen molar-refractivity contribution in [3.63, 3.8) is 0 Å². The Morgan fingerprint density at radius 1 is 0.897 bits per heavy atom. The molecule has 1 heterocycles. The summed E-state index contributed by atoms with van der Waals surface area (Å²) in [4.78, 5) is 28.3. The first kappa shape index (κ1) is 26.9. The maximum absolute atomic E-state index is 13.7. The second-order valence-corrected chi connectivity index (χ2v) is 11.0. The highest BCUT2D eigenvalue weighted by molar-refractivity contribution is 5.92. The van der Waals surface area contributed by atoms with Gasteiger partial charge in [-0.15, -0.1) is 0 Å². The number of nitrogens with zero attached hydrogens (tertiary/aromatic N) is 1. The molecule has 0 aromatic heterocycles. The molecule has 2 fully saturated rings. The van der Waals surface area contributed by atoms with Crippen molar-refractivity contribution < 1.29 is 14.3 Å². The molecule has 39 heavy (non-hydrogen) atoms. The number of benzene rings is 3. The fraction of sp³-hybridized carbons (Fsp3) is 0.394. The molecule has 0 radical (unpaired) electrons. The number of likely N-dealkylation sites (tertiary alicyclic amines) is 1. The molecule has 6 nitrogen and oxygen atoms in total. The first-order valence-corrected chi connectivity index (χ1v) is 14.0. The summed E-state index contributed by atoms with van der Waals surface area (Å²) in [5.74, 6) is 1.15. The van der Waals surface area contributed by atoms with Gasteiger partial charge in [0.05, 0.1) is 18.1 Å². The molecule has 2 atom stereocenters. The van der Waals surface area contributed by atoms with Gasteiger partial charge in [-0.05, 0) is 60.4 Å². The Bertz CT molecular complexity index is 1250. The normalized spacial score (nSPS) is 22.1. The van der Waals surface area contributed by atoms with Gasteiger partial charge in [-0.25, -0.2) is 0 Å². The van der Waals surface area contributed by atoms with E-state index >= 15 is 0 Å². The first-order chi connectivity index (χ1) is 18.9. The van der Waals surface area contributed by atoms with Gasteiger partial charge in [0, 0.05) is 33.1 Å². The van der Waals surface area contributed by atoms with Crippen LogP contribution in [0.5, 0.6) is 5.75 Å². The lowest BCUT2D eigenvalue weighted by Crippen LogP contribution is -2.53. The van der Waals surface area contributed by atoms with E-state index in [2.05, 4.69) is 39.8 Å². The van der Waals surface area contributed by atoms with Crippen molar-refractivity contribution in [3.8, 4) is 5.75 Å². The van der Waals surface area contributed by atoms with E-state index < -0.39 is 5.41 Å². The van der Waals surface area contributed by atoms with E-state index in [4.69, 9.17) is 4.74 Å². The van der Waals surface area contributed by atoms with Gasteiger partial charge in [0.2, 0.25) is 11.8 Å². The second-order valence-electron chi connectivity index (χ2n) is 11.0. The van der Waals surface area contributed by atoms with E-state index in [1.54, 1.807) is 14.0 Å². The maximum atomic E-state index is 13.7. The van der Waals surface area contributed by atoms with Crippen molar-refractivity contribution in [1.82, 2.24) is 15.5 Å². The summed E-state index contributed by atoms with van der Waals surface area (Å²) in [5.41, 5.74) is 2.58. The highest BCUT2D eigenvalue weighted by Crippen LogP contribution is 2.55. The van der Waals surface area contributed by atoms with Crippen LogP contribution >= 0.6 is 0 Å². The number of nitrogens with one attached hydrogen (secondary N) is 2. The molecular weight excluding hydrogens is 486 g/mol. The fourth-order valence-electron chi connectivity index (χ4n) is 6.33. The number of hydrogen-bond acceptors (Lipinski definition) is 4. The van der Waals surface area contributed by atoms with Gasteiger partial charge in [-0.1, -0.05) is 72.8 Å². The van der Waals surface area contributed by atoms with Crippen LogP contribution in [0, 0.1) is 5.92 Å². The molecule has 0 spiro atoms. The largest absolute Gasteiger partial charge is 0.497 e. The highest BCUT2D eigenvalue weighted by atomic mass is 16.5. The molecule has 2 N–H and O–H groups in total. The van der Waals surface area contributed by atoms with Gasteiger partial charge >= 0.3 is 0 Å². The van der Waals surface area contributed by atoms with Crippen LogP contribution in [0.3, 0.4) is 0 Å². The average Bonchev–Trinajstić information content (AvgIpc) is 3.69. The van der Waals surface area contributed by atoms with Crippen molar-refractivity contribution in [2.24, 2.45) is 5.92 Å². The third-order valence-electron chi connectivity index (χ3n) is 8.59. The summed E-state index contributed by atoms with van der Waals surface area (Å²) in [5, 5.41) is 6.52. The van der Waals surface area contributed by atoms with Gasteiger partial charge in [0.1, 0.15) is 5.75 Å². The van der Waals surface area contributed by atoms with Crippen LogP contribution in [-0.2, 0) is 27.0 Å². The van der Waals surface area contributed by atoms with Crippen LogP contribution in [0.15, 0.2) is 84.9 Å². The third kappa shape index (κ3) is 5.86. The monoisotopic (exact) mass is 525 g/mol. The lowest BCUT2D eigenvalue weighted by atomic mass is 9.80. The second kappa shape index (κ2) is 11.6. The standard InChI is InChI=1S/C33H39N3O3/c1-25(37)35-32(27-11-7-4-8-12-27)18-21-36(22-19-32)24-29-23-33(29,28-13-15-30(39-2)16-14-28)31(38)34-20-17-26-9-5-3-6-10-26/h3-16,29H,17-24H2,1-2H3,(H,34,38)(H,35,37). The van der Waals surface area contributed by atoms with Crippen LogP contribution in [0.2, 0.25) is 0 Å². The number of carbonyl (C=O) groups excluding carboxylic acids is 2. The zero-order valence-electron chi connectivity index (χ0n) is 23.0. The van der Waals surface area contributed by atoms with Gasteiger partial charge < -0.3 is 20.3 Å². The van der Waals surface area contributed by atoms with Crippen molar-refractivity contribution in [2.45, 2.75) is 43.6 Å². The number of piperidine rings is 1. The first-order valence-electron chi connectivity index (χ1n) is 14.0. The summed E-state index contributed by atoms with van der Waals surface area (Å²) >= 11 is 0. The summed E-state index contributed by atoms with van der Waals surface area (Å²) in [7, 11) is 1.66. The predicted octanol–water partition coefficient (Wildman–Crippen LogP) is 4.44. The number of hydrogen-bond donors (Lipinski definition) is 2. The SMILES string of the molecule is COc1ccc(C2(C(=O)NCCc3ccccc3)CC2CN2CCC(NC(C)=O)(c3ccccc3)CC2)cc1. The molecule has 2 unspecified atom stereocenters. The molecule has 5 rings (SSSR count). The minimum atomic E-state index is -0.519. The minimum Gasteiger partial charge on any atom is -0.497 e. The molecule has 1 aliphatic carbocycles. The fourth-order valence-corrected chi connectivity index (χ4v) is 6.33. The number of rotatable bonds is 10. The topological polar surface area (TPSA) is 70.7 Å². The van der Waals surface area contributed by atoms with Crippen molar-refractivity contribution in [3.05, 3.63) is 102 Å². The predicted molar refractivity (Wildman–Crippen MR) is 154 cm³/mol. The Kier molecular flexibility index (Phi) is 8.03. The zero-order chi connectivity index (χ0) is 27.3. The van der Waals surface area contributed by atoms with Crippen molar-refractivity contribution in [2.75, 3.05) is 33.3 Å². The van der Waals surface area contributed by atoms with E-state index in [1.807, 2.05) is 60.7 Å². The zero-order valence-corrected chi connectivity index (χ0v) is 23.0. The molecular formula is C33H39N3O3. The Labute approximate surface area is 231 Å². The molecule has 6 heteroatoms. The Balaban J connectivity index is 1.27. The van der Waals surface area contributed by atoms with Crippen LogP contribution in [0.25, 0.3) is 0 Å². The van der Waals surface area contributed by atoms with Crippen LogP contribution < -0.4 is 15.4 Å². The van der Waals surface area contributed by atoms with E-state index in [0.717, 1.165) is 62.2 Å². The molecule has 2 aliphatic rings. The molecule has 204 valence electrons. The number of methoxy groups -OCH3 is 1. The van der Waals surface area contributed by atoms with E-state index in [-0.39, 0.29) is 23.3 Å². The molecule has 1 saturated carbocycles. The van der Waals surface area contributed by atoms with E-state index in [1.165, 1.54) is 5.56 Å². The Morgan fingerprint density at radius 2 is 1.54 bits per heavy atom. The molecule has 1 saturated heterocycles. The lowest BCUT2D eigenvalue weighted by molar-refractivity contribution is -0.124. The highest BCUT2D eigenvalue weighted by Gasteiger charge is 2.61. The van der Waals surface area contributed by atoms with Crippen molar-refractivity contribution in [1.29, 1.82) is 0 Å². The minimum absolute atomic E-state index is 0.000178. The van der Waals surface area contributed by atoms with Gasteiger partial charge in [0.25, 0.3) is 0 Å². The summed E-state index contributed by atoms with van der Waals surface area (Å²) in [6.07, 6.45) is 3.35. The number of ether oxygens (including phenoxy) is 1. The quantitative estimate of drug-likeness (QED) is 0.411. The molecule has 2 amide bonds. The summed E-state index contributed by atoms with van der Waals surface area (Å²) in [6.45, 7) is 4.83. The van der Waals surface area contributed by atoms with Crippen LogP contribution in [0.1, 0.15) is 42.9 Å². The number of amides is 2. The van der Waals surface area contributed by atoms with Gasteiger partial charge in [-0.2, -0.15) is 0 Å². The van der Waals surface area contributed by atoms with Crippen LogP contribution in [0.4, 0.5) is 0 Å². The van der Waals surface area contributed by atoms with Gasteiger partial charge in [0.15, 0.2) is 0 Å². The average molecular weight is 526 g/mol. The molecule has 1 aliphatic heterocycles. The van der Waals surface area contributed by atoms with Crippen molar-refractivity contribution >= 4 is 11.8 Å². The Hall–Kier alpha value is -3.64. The smallest absolute Gasteiger partial charge is 0.231 e. The Morgan fingerprint density at radius 3 is 2.15 bits per heavy atom. The summed E-state index contributed by atoms with van der Waals surface area (Å²) in [6, 6.07) is 28.6. The molecule has 3 aromatic rings. The van der Waals surface area contributed by atoms with Crippen LogP contribution in [-0.4, -0.2) is 50.0 Å². The molecule has 3 aromatic carbocycles.